The highest BCUT2D eigenvalue weighted by atomic mass is 16.6. The predicted molar refractivity (Wildman–Crippen MR) is 72.1 cm³/mol. The van der Waals surface area contributed by atoms with E-state index in [2.05, 4.69) is 4.85 Å². The van der Waals surface area contributed by atoms with Crippen molar-refractivity contribution in [1.29, 1.82) is 0 Å². The number of hydrogen-bond donors (Lipinski definition) is 0. The van der Waals surface area contributed by atoms with Crippen LogP contribution in [0.1, 0.15) is 6.42 Å². The first kappa shape index (κ1) is 11.3. The van der Waals surface area contributed by atoms with E-state index in [-0.39, 0.29) is 0 Å². The highest BCUT2D eigenvalue weighted by Crippen LogP contribution is 2.25. The molecule has 1 saturated heterocycles. The highest BCUT2D eigenvalue weighted by molar-refractivity contribution is 6.64. The van der Waals surface area contributed by atoms with Gasteiger partial charge in [-0.25, -0.2) is 4.85 Å². The minimum atomic E-state index is -0.396. The van der Waals surface area contributed by atoms with Crippen molar-refractivity contribution in [3.63, 3.8) is 0 Å². The lowest BCUT2D eigenvalue weighted by molar-refractivity contribution is 0.143. The molecule has 3 nitrogen and oxygen atoms in total. The van der Waals surface area contributed by atoms with Gasteiger partial charge in [0.2, 0.25) is 0 Å². The van der Waals surface area contributed by atoms with Crippen molar-refractivity contribution in [3.8, 4) is 0 Å². The minimum Gasteiger partial charge on any atom is -0.408 e. The second-order valence-corrected chi connectivity index (χ2v) is 4.26. The fraction of sp³-hybridized carbons (Fsp3) is 0.214. The van der Waals surface area contributed by atoms with Crippen molar-refractivity contribution in [2.45, 2.75) is 6.42 Å². The zero-order valence-corrected chi connectivity index (χ0v) is 9.93. The summed E-state index contributed by atoms with van der Waals surface area (Å²) in [6, 6.07) is 11.9. The van der Waals surface area contributed by atoms with Gasteiger partial charge in [0, 0.05) is 13.2 Å². The van der Waals surface area contributed by atoms with Gasteiger partial charge in [0.1, 0.15) is 0 Å². The summed E-state index contributed by atoms with van der Waals surface area (Å²) in [7, 11) is -0.396. The van der Waals surface area contributed by atoms with Gasteiger partial charge in [0.05, 0.1) is 6.57 Å². The van der Waals surface area contributed by atoms with Crippen molar-refractivity contribution in [2.24, 2.45) is 0 Å². The summed E-state index contributed by atoms with van der Waals surface area (Å²) in [6.07, 6.45) is 0.914. The summed E-state index contributed by atoms with van der Waals surface area (Å²) in [5.74, 6) is 0. The van der Waals surface area contributed by atoms with Crippen molar-refractivity contribution in [1.82, 2.24) is 0 Å². The van der Waals surface area contributed by atoms with Gasteiger partial charge in [0.15, 0.2) is 5.69 Å². The molecule has 0 N–H and O–H groups in total. The second kappa shape index (κ2) is 4.81. The van der Waals surface area contributed by atoms with Crippen LogP contribution in [-0.4, -0.2) is 20.3 Å². The van der Waals surface area contributed by atoms with Crippen LogP contribution >= 0.6 is 0 Å². The van der Waals surface area contributed by atoms with Crippen LogP contribution in [-0.2, 0) is 9.31 Å². The van der Waals surface area contributed by atoms with E-state index in [4.69, 9.17) is 15.9 Å². The van der Waals surface area contributed by atoms with Gasteiger partial charge in [-0.3, -0.25) is 0 Å². The van der Waals surface area contributed by atoms with E-state index in [1.807, 2.05) is 36.4 Å². The molecule has 0 aliphatic carbocycles. The Morgan fingerprint density at radius 1 is 1.06 bits per heavy atom. The molecule has 0 amide bonds. The molecule has 4 heteroatoms. The van der Waals surface area contributed by atoms with E-state index >= 15 is 0 Å². The molecule has 88 valence electrons. The molecule has 0 spiro atoms. The number of benzene rings is 2. The van der Waals surface area contributed by atoms with Crippen LogP contribution in [0.4, 0.5) is 5.69 Å². The largest absolute Gasteiger partial charge is 0.482 e. The first-order valence-electron chi connectivity index (χ1n) is 6.02. The van der Waals surface area contributed by atoms with Crippen LogP contribution in [0.15, 0.2) is 36.4 Å². The van der Waals surface area contributed by atoms with Crippen LogP contribution in [0.3, 0.4) is 0 Å². The van der Waals surface area contributed by atoms with E-state index in [9.17, 15) is 0 Å². The molecule has 0 aromatic heterocycles. The van der Waals surface area contributed by atoms with Gasteiger partial charge in [-0.1, -0.05) is 36.4 Å². The Morgan fingerprint density at radius 2 is 1.83 bits per heavy atom. The lowest BCUT2D eigenvalue weighted by Crippen LogP contribution is -2.41. The number of fused-ring (bicyclic) bond motifs is 1. The standard InChI is InChI=1S/C14H12BNO2/c1-16-14-12-6-3-2-5-11(12)7-8-13(14)15-17-9-4-10-18-15/h2-3,5-8H,4,9-10H2. The molecule has 2 aromatic carbocycles. The van der Waals surface area contributed by atoms with Crippen LogP contribution < -0.4 is 5.46 Å². The Hall–Kier alpha value is -1.83. The van der Waals surface area contributed by atoms with Gasteiger partial charge in [-0.15, -0.1) is 0 Å². The molecule has 3 rings (SSSR count). The average Bonchev–Trinajstić information content (AvgIpc) is 2.47. The third kappa shape index (κ3) is 1.88. The fourth-order valence-corrected chi connectivity index (χ4v) is 2.25. The topological polar surface area (TPSA) is 22.8 Å². The summed E-state index contributed by atoms with van der Waals surface area (Å²) in [5, 5.41) is 2.03. The first-order chi connectivity index (χ1) is 8.90. The summed E-state index contributed by atoms with van der Waals surface area (Å²) in [4.78, 5) is 3.66. The molecule has 0 saturated carbocycles. The quantitative estimate of drug-likeness (QED) is 0.561. The van der Waals surface area contributed by atoms with Gasteiger partial charge in [-0.2, -0.15) is 0 Å². The van der Waals surface area contributed by atoms with E-state index in [1.54, 1.807) is 0 Å². The van der Waals surface area contributed by atoms with Gasteiger partial charge in [-0.05, 0) is 22.7 Å². The Balaban J connectivity index is 2.14. The number of hydrogen-bond acceptors (Lipinski definition) is 2. The highest BCUT2D eigenvalue weighted by Gasteiger charge is 2.27. The number of nitrogens with zero attached hydrogens (tertiary/aromatic N) is 1. The first-order valence-corrected chi connectivity index (χ1v) is 6.02. The lowest BCUT2D eigenvalue weighted by atomic mass is 9.75. The van der Waals surface area contributed by atoms with Crippen LogP contribution in [0, 0.1) is 6.57 Å². The minimum absolute atomic E-state index is 0.396. The van der Waals surface area contributed by atoms with Crippen LogP contribution in [0.2, 0.25) is 0 Å². The molecule has 0 atom stereocenters. The van der Waals surface area contributed by atoms with Crippen molar-refractivity contribution < 1.29 is 9.31 Å². The van der Waals surface area contributed by atoms with E-state index in [0.717, 1.165) is 22.7 Å². The molecular formula is C14H12BNO2. The normalized spacial score (nSPS) is 15.6. The van der Waals surface area contributed by atoms with E-state index in [1.165, 1.54) is 0 Å². The Bertz CT molecular complexity index is 615. The maximum absolute atomic E-state index is 7.40. The molecule has 1 aliphatic rings. The number of rotatable bonds is 1. The predicted octanol–water partition coefficient (Wildman–Crippen LogP) is 2.52. The lowest BCUT2D eigenvalue weighted by Gasteiger charge is -2.21. The maximum Gasteiger partial charge on any atom is 0.482 e. The monoisotopic (exact) mass is 237 g/mol. The molecule has 2 aromatic rings. The molecule has 0 bridgehead atoms. The molecule has 0 unspecified atom stereocenters. The zero-order valence-electron chi connectivity index (χ0n) is 9.93. The molecule has 18 heavy (non-hydrogen) atoms. The molecule has 0 radical (unpaired) electrons. The Morgan fingerprint density at radius 3 is 2.61 bits per heavy atom. The Kier molecular flexibility index (Phi) is 3.01. The van der Waals surface area contributed by atoms with E-state index < -0.39 is 7.12 Å². The van der Waals surface area contributed by atoms with Gasteiger partial charge < -0.3 is 9.31 Å². The smallest absolute Gasteiger partial charge is 0.408 e. The molecular weight excluding hydrogens is 225 g/mol. The maximum atomic E-state index is 7.40. The average molecular weight is 237 g/mol. The summed E-state index contributed by atoms with van der Waals surface area (Å²) in [6.45, 7) is 8.78. The zero-order chi connectivity index (χ0) is 12.4. The fourth-order valence-electron chi connectivity index (χ4n) is 2.25. The molecule has 1 aliphatic heterocycles. The van der Waals surface area contributed by atoms with Crippen molar-refractivity contribution in [3.05, 3.63) is 47.8 Å². The molecule has 1 heterocycles. The second-order valence-electron chi connectivity index (χ2n) is 4.26. The van der Waals surface area contributed by atoms with E-state index in [0.29, 0.717) is 18.9 Å². The Labute approximate surface area is 106 Å². The third-order valence-corrected chi connectivity index (χ3v) is 3.12. The van der Waals surface area contributed by atoms with Crippen LogP contribution in [0.25, 0.3) is 15.6 Å². The van der Waals surface area contributed by atoms with Crippen molar-refractivity contribution >= 4 is 29.0 Å². The van der Waals surface area contributed by atoms with Gasteiger partial charge >= 0.3 is 7.12 Å². The van der Waals surface area contributed by atoms with Crippen molar-refractivity contribution in [2.75, 3.05) is 13.2 Å². The summed E-state index contributed by atoms with van der Waals surface area (Å²) in [5.41, 5.74) is 1.48. The SMILES string of the molecule is [C-]#[N+]c1c(B2OCCCO2)ccc2ccccc12. The molecule has 1 fully saturated rings. The third-order valence-electron chi connectivity index (χ3n) is 3.12. The summed E-state index contributed by atoms with van der Waals surface area (Å²) >= 11 is 0. The van der Waals surface area contributed by atoms with Gasteiger partial charge in [0.25, 0.3) is 0 Å². The summed E-state index contributed by atoms with van der Waals surface area (Å²) < 4.78 is 11.2. The van der Waals surface area contributed by atoms with Crippen LogP contribution in [0.5, 0.6) is 0 Å².